The summed E-state index contributed by atoms with van der Waals surface area (Å²) < 4.78 is 0. The van der Waals surface area contributed by atoms with E-state index >= 15 is 0 Å². The van der Waals surface area contributed by atoms with Crippen molar-refractivity contribution in [3.8, 4) is 0 Å². The lowest BCUT2D eigenvalue weighted by Crippen LogP contribution is -1.97. The van der Waals surface area contributed by atoms with E-state index in [1.807, 2.05) is 0 Å². The first-order chi connectivity index (χ1) is 8.08. The van der Waals surface area contributed by atoms with E-state index in [0.29, 0.717) is 11.5 Å². The summed E-state index contributed by atoms with van der Waals surface area (Å²) in [5.74, 6) is 1.60. The largest absolute Gasteiger partial charge is 0.391 e. The number of hydrogen-bond acceptors (Lipinski definition) is 4. The molecule has 0 aliphatic carbocycles. The van der Waals surface area contributed by atoms with Crippen LogP contribution in [-0.4, -0.2) is 15.8 Å². The first-order valence-electron chi connectivity index (χ1n) is 5.59. The van der Waals surface area contributed by atoms with E-state index in [9.17, 15) is 10.1 Å². The second kappa shape index (κ2) is 6.61. The second-order valence-corrected chi connectivity index (χ2v) is 5.12. The highest BCUT2D eigenvalue weighted by atomic mass is 32.2. The van der Waals surface area contributed by atoms with E-state index in [1.165, 1.54) is 6.07 Å². The Kier molecular flexibility index (Phi) is 5.44. The predicted octanol–water partition coefficient (Wildman–Crippen LogP) is 3.23. The first-order valence-corrected chi connectivity index (χ1v) is 6.58. The van der Waals surface area contributed by atoms with Crippen molar-refractivity contribution in [1.82, 2.24) is 0 Å². The van der Waals surface area contributed by atoms with E-state index in [0.717, 1.165) is 17.1 Å². The summed E-state index contributed by atoms with van der Waals surface area (Å²) >= 11 is 1.67. The molecule has 0 saturated carbocycles. The second-order valence-electron chi connectivity index (χ2n) is 4.03. The average Bonchev–Trinajstić information content (AvgIpc) is 2.35. The van der Waals surface area contributed by atoms with Crippen LogP contribution >= 0.6 is 11.8 Å². The topological polar surface area (TPSA) is 63.4 Å². The van der Waals surface area contributed by atoms with Crippen LogP contribution in [0.5, 0.6) is 0 Å². The van der Waals surface area contributed by atoms with Gasteiger partial charge in [0.15, 0.2) is 0 Å². The van der Waals surface area contributed by atoms with Crippen LogP contribution < -0.4 is 0 Å². The molecule has 0 saturated heterocycles. The van der Waals surface area contributed by atoms with Crippen molar-refractivity contribution < 1.29 is 10.0 Å². The SMILES string of the molecule is CCC(C)CSc1ccc([N+](=O)[O-])c(CO)c1. The van der Waals surface area contributed by atoms with Gasteiger partial charge in [0.25, 0.3) is 5.69 Å². The minimum absolute atomic E-state index is 0.0135. The fourth-order valence-corrected chi connectivity index (χ4v) is 2.42. The number of nitro groups is 1. The van der Waals surface area contributed by atoms with Crippen molar-refractivity contribution in [2.45, 2.75) is 31.8 Å². The highest BCUT2D eigenvalue weighted by Crippen LogP contribution is 2.27. The number of aliphatic hydroxyl groups is 1. The molecule has 17 heavy (non-hydrogen) atoms. The number of benzene rings is 1. The molecular formula is C12H17NO3S. The van der Waals surface area contributed by atoms with Gasteiger partial charge in [0.1, 0.15) is 0 Å². The van der Waals surface area contributed by atoms with Crippen LogP contribution in [0.25, 0.3) is 0 Å². The maximum Gasteiger partial charge on any atom is 0.274 e. The predicted molar refractivity (Wildman–Crippen MR) is 69.2 cm³/mol. The molecule has 0 radical (unpaired) electrons. The molecule has 0 bridgehead atoms. The Balaban J connectivity index is 2.79. The monoisotopic (exact) mass is 255 g/mol. The number of rotatable bonds is 6. The van der Waals surface area contributed by atoms with Crippen molar-refractivity contribution >= 4 is 17.4 Å². The molecule has 94 valence electrons. The Labute approximate surface area is 105 Å². The molecule has 0 aliphatic rings. The summed E-state index contributed by atoms with van der Waals surface area (Å²) in [7, 11) is 0. The van der Waals surface area contributed by atoms with Gasteiger partial charge in [-0.2, -0.15) is 0 Å². The molecule has 1 aromatic carbocycles. The Morgan fingerprint density at radius 2 is 2.24 bits per heavy atom. The van der Waals surface area contributed by atoms with Crippen LogP contribution in [-0.2, 0) is 6.61 Å². The molecule has 0 heterocycles. The van der Waals surface area contributed by atoms with Gasteiger partial charge in [0.05, 0.1) is 17.1 Å². The van der Waals surface area contributed by atoms with Crippen molar-refractivity contribution in [3.63, 3.8) is 0 Å². The van der Waals surface area contributed by atoms with E-state index in [4.69, 9.17) is 5.11 Å². The Hall–Kier alpha value is -1.07. The van der Waals surface area contributed by atoms with Gasteiger partial charge in [-0.15, -0.1) is 11.8 Å². The maximum absolute atomic E-state index is 10.7. The third-order valence-electron chi connectivity index (χ3n) is 2.65. The van der Waals surface area contributed by atoms with Crippen molar-refractivity contribution in [3.05, 3.63) is 33.9 Å². The van der Waals surface area contributed by atoms with Gasteiger partial charge in [0, 0.05) is 16.7 Å². The van der Waals surface area contributed by atoms with Crippen LogP contribution in [0.2, 0.25) is 0 Å². The van der Waals surface area contributed by atoms with Gasteiger partial charge in [0.2, 0.25) is 0 Å². The van der Waals surface area contributed by atoms with Crippen molar-refractivity contribution in [2.24, 2.45) is 5.92 Å². The number of thioether (sulfide) groups is 1. The molecule has 4 nitrogen and oxygen atoms in total. The van der Waals surface area contributed by atoms with Gasteiger partial charge in [-0.25, -0.2) is 0 Å². The summed E-state index contributed by atoms with van der Waals surface area (Å²) in [4.78, 5) is 11.2. The molecular weight excluding hydrogens is 238 g/mol. The fourth-order valence-electron chi connectivity index (χ4n) is 1.31. The lowest BCUT2D eigenvalue weighted by molar-refractivity contribution is -0.385. The summed E-state index contributed by atoms with van der Waals surface area (Å²) in [5.41, 5.74) is 0.365. The van der Waals surface area contributed by atoms with E-state index in [2.05, 4.69) is 13.8 Å². The summed E-state index contributed by atoms with van der Waals surface area (Å²) in [6.07, 6.45) is 1.12. The molecule has 0 amide bonds. The molecule has 1 N–H and O–H groups in total. The molecule has 0 fully saturated rings. The molecule has 0 aliphatic heterocycles. The quantitative estimate of drug-likeness (QED) is 0.481. The fraction of sp³-hybridized carbons (Fsp3) is 0.500. The van der Waals surface area contributed by atoms with E-state index in [-0.39, 0.29) is 12.3 Å². The van der Waals surface area contributed by atoms with Gasteiger partial charge < -0.3 is 5.11 Å². The van der Waals surface area contributed by atoms with Gasteiger partial charge >= 0.3 is 0 Å². The molecule has 1 rings (SSSR count). The number of aliphatic hydroxyl groups excluding tert-OH is 1. The number of hydrogen-bond donors (Lipinski definition) is 1. The normalized spacial score (nSPS) is 12.4. The van der Waals surface area contributed by atoms with Crippen LogP contribution in [0.1, 0.15) is 25.8 Å². The highest BCUT2D eigenvalue weighted by Gasteiger charge is 2.13. The molecule has 1 aromatic rings. The minimum atomic E-state index is -0.464. The minimum Gasteiger partial charge on any atom is -0.391 e. The standard InChI is InChI=1S/C12H17NO3S/c1-3-9(2)8-17-11-4-5-12(13(15)16)10(6-11)7-14/h4-6,9,14H,3,7-8H2,1-2H3. The van der Waals surface area contributed by atoms with Crippen LogP contribution in [0, 0.1) is 16.0 Å². The molecule has 1 unspecified atom stereocenters. The smallest absolute Gasteiger partial charge is 0.274 e. The van der Waals surface area contributed by atoms with Gasteiger partial charge in [-0.1, -0.05) is 20.3 Å². The van der Waals surface area contributed by atoms with Crippen LogP contribution in [0.15, 0.2) is 23.1 Å². The van der Waals surface area contributed by atoms with E-state index < -0.39 is 4.92 Å². The lowest BCUT2D eigenvalue weighted by atomic mass is 10.2. The van der Waals surface area contributed by atoms with Gasteiger partial charge in [-0.3, -0.25) is 10.1 Å². The lowest BCUT2D eigenvalue weighted by Gasteiger charge is -2.08. The van der Waals surface area contributed by atoms with Crippen molar-refractivity contribution in [2.75, 3.05) is 5.75 Å². The van der Waals surface area contributed by atoms with E-state index in [1.54, 1.807) is 23.9 Å². The zero-order valence-corrected chi connectivity index (χ0v) is 10.9. The maximum atomic E-state index is 10.7. The molecule has 0 spiro atoms. The van der Waals surface area contributed by atoms with Crippen molar-refractivity contribution in [1.29, 1.82) is 0 Å². The Morgan fingerprint density at radius 1 is 1.53 bits per heavy atom. The zero-order valence-electron chi connectivity index (χ0n) is 10.0. The Bertz CT molecular complexity index is 395. The third kappa shape index (κ3) is 4.02. The Morgan fingerprint density at radius 3 is 2.76 bits per heavy atom. The van der Waals surface area contributed by atoms with Crippen LogP contribution in [0.3, 0.4) is 0 Å². The summed E-state index contributed by atoms with van der Waals surface area (Å²) in [6.45, 7) is 4.01. The molecule has 5 heteroatoms. The van der Waals surface area contributed by atoms with Crippen LogP contribution in [0.4, 0.5) is 5.69 Å². The summed E-state index contributed by atoms with van der Waals surface area (Å²) in [5, 5.41) is 19.8. The zero-order chi connectivity index (χ0) is 12.8. The number of nitro benzene ring substituents is 1. The first kappa shape index (κ1) is 14.0. The molecule has 1 atom stereocenters. The highest BCUT2D eigenvalue weighted by molar-refractivity contribution is 7.99. The number of nitrogens with zero attached hydrogens (tertiary/aromatic N) is 1. The molecule has 0 aromatic heterocycles. The van der Waals surface area contributed by atoms with Gasteiger partial charge in [-0.05, 0) is 18.1 Å². The average molecular weight is 255 g/mol. The third-order valence-corrected chi connectivity index (χ3v) is 3.97. The summed E-state index contributed by atoms with van der Waals surface area (Å²) in [6, 6.07) is 4.90.